The van der Waals surface area contributed by atoms with Crippen molar-refractivity contribution in [3.8, 4) is 11.3 Å². The number of hydrogen-bond acceptors (Lipinski definition) is 6. The number of aliphatic hydroxyl groups is 1. The fraction of sp³-hybridized carbons (Fsp3) is 0.316. The van der Waals surface area contributed by atoms with Gasteiger partial charge in [-0.3, -0.25) is 4.40 Å². The zero-order valence-electron chi connectivity index (χ0n) is 16.8. The van der Waals surface area contributed by atoms with Gasteiger partial charge in [-0.2, -0.15) is 30.7 Å². The van der Waals surface area contributed by atoms with Crippen LogP contribution in [-0.2, 0) is 21.3 Å². The summed E-state index contributed by atoms with van der Waals surface area (Å²) in [7, 11) is 0. The number of anilines is 1. The molecule has 0 aliphatic carbocycles. The third-order valence-electron chi connectivity index (χ3n) is 4.79. The molecule has 33 heavy (non-hydrogen) atoms. The van der Waals surface area contributed by atoms with Crippen LogP contribution in [0.1, 0.15) is 23.7 Å². The van der Waals surface area contributed by atoms with Crippen molar-refractivity contribution in [2.24, 2.45) is 0 Å². The number of fused-ring (bicyclic) bond motifs is 1. The molecule has 1 aromatic carbocycles. The molecule has 3 aromatic rings. The van der Waals surface area contributed by atoms with Crippen LogP contribution in [0.2, 0.25) is 0 Å². The van der Waals surface area contributed by atoms with Crippen molar-refractivity contribution in [1.29, 1.82) is 0 Å². The van der Waals surface area contributed by atoms with Crippen molar-refractivity contribution < 1.29 is 45.4 Å². The molecule has 178 valence electrons. The number of aryl methyl sites for hydroxylation is 1. The lowest BCUT2D eigenvalue weighted by molar-refractivity contribution is -0.231. The van der Waals surface area contributed by atoms with Gasteiger partial charge in [0.05, 0.1) is 11.9 Å². The highest BCUT2D eigenvalue weighted by Crippen LogP contribution is 2.35. The number of aromatic nitrogens is 3. The highest BCUT2D eigenvalue weighted by molar-refractivity contribution is 5.76. The molecule has 2 atom stereocenters. The Morgan fingerprint density at radius 1 is 1.21 bits per heavy atom. The molecule has 2 heterocycles. The summed E-state index contributed by atoms with van der Waals surface area (Å²) in [6.07, 6.45) is -11.6. The number of nitrogens with two attached hydrogens (primary N) is 1. The maximum Gasteiger partial charge on any atom is 0.491 e. The van der Waals surface area contributed by atoms with E-state index in [4.69, 9.17) is 5.73 Å². The maximum absolute atomic E-state index is 14.4. The first-order chi connectivity index (χ1) is 15.0. The largest absolute Gasteiger partial charge is 0.491 e. The summed E-state index contributed by atoms with van der Waals surface area (Å²) in [6.45, 7) is 2.31. The number of nitrogens with zero attached hydrogens (tertiary/aromatic N) is 3. The smallest absolute Gasteiger partial charge is 0.421 e. The van der Waals surface area contributed by atoms with Crippen LogP contribution in [0, 0.1) is 6.92 Å². The fourth-order valence-electron chi connectivity index (χ4n) is 2.97. The zero-order valence-corrected chi connectivity index (χ0v) is 16.8. The van der Waals surface area contributed by atoms with Gasteiger partial charge in [-0.05, 0) is 31.0 Å². The molecule has 0 saturated heterocycles. The minimum absolute atomic E-state index is 0.0439. The molecule has 7 nitrogen and oxygen atoms in total. The van der Waals surface area contributed by atoms with Crippen LogP contribution in [0.25, 0.3) is 16.9 Å². The van der Waals surface area contributed by atoms with Gasteiger partial charge in [-0.1, -0.05) is 12.1 Å². The van der Waals surface area contributed by atoms with E-state index in [-0.39, 0.29) is 22.5 Å². The van der Waals surface area contributed by atoms with E-state index in [0.717, 1.165) is 29.7 Å². The average molecular weight is 480 g/mol. The first-order valence-corrected chi connectivity index (χ1v) is 9.00. The van der Waals surface area contributed by atoms with Gasteiger partial charge in [0.1, 0.15) is 0 Å². The minimum atomic E-state index is -5.49. The van der Waals surface area contributed by atoms with Crippen molar-refractivity contribution in [1.82, 2.24) is 14.4 Å². The number of rotatable bonds is 4. The number of ether oxygens (including phenoxy) is 1. The number of benzene rings is 1. The topological polar surface area (TPSA) is 103 Å². The summed E-state index contributed by atoms with van der Waals surface area (Å²) in [4.78, 5) is 18.1. The number of nitrogen functional groups attached to an aromatic ring is 1. The number of halogens is 7. The molecular formula is C19H15F7N4O3. The first-order valence-electron chi connectivity index (χ1n) is 9.00. The molecule has 0 saturated carbocycles. The second kappa shape index (κ2) is 7.86. The SMILES string of the molecule is Cc1ccc(C(C)(O)C(F)OC(=O)C(F)(F)F)cc1-c1cnc2c(N)nc(C(F)(F)F)cn12. The number of carbonyl (C=O) groups is 1. The highest BCUT2D eigenvalue weighted by atomic mass is 19.4. The van der Waals surface area contributed by atoms with Crippen LogP contribution in [0.15, 0.2) is 30.6 Å². The van der Waals surface area contributed by atoms with E-state index in [1.165, 1.54) is 6.07 Å². The lowest BCUT2D eigenvalue weighted by Gasteiger charge is -2.28. The van der Waals surface area contributed by atoms with Gasteiger partial charge < -0.3 is 15.6 Å². The highest BCUT2D eigenvalue weighted by Gasteiger charge is 2.46. The van der Waals surface area contributed by atoms with Gasteiger partial charge >= 0.3 is 18.3 Å². The Morgan fingerprint density at radius 3 is 2.42 bits per heavy atom. The van der Waals surface area contributed by atoms with Crippen molar-refractivity contribution in [3.63, 3.8) is 0 Å². The van der Waals surface area contributed by atoms with Crippen molar-refractivity contribution in [2.45, 2.75) is 38.2 Å². The molecule has 3 rings (SSSR count). The molecule has 3 N–H and O–H groups in total. The van der Waals surface area contributed by atoms with Crippen LogP contribution in [-0.4, -0.2) is 38.0 Å². The number of alkyl halides is 7. The Balaban J connectivity index is 2.09. The van der Waals surface area contributed by atoms with E-state index < -0.39 is 41.8 Å². The van der Waals surface area contributed by atoms with Gasteiger partial charge in [0.25, 0.3) is 6.36 Å². The second-order valence-electron chi connectivity index (χ2n) is 7.24. The van der Waals surface area contributed by atoms with Crippen molar-refractivity contribution in [3.05, 3.63) is 47.4 Å². The third kappa shape index (κ3) is 4.55. The average Bonchev–Trinajstić information content (AvgIpc) is 3.11. The quantitative estimate of drug-likeness (QED) is 0.434. The van der Waals surface area contributed by atoms with Gasteiger partial charge in [0, 0.05) is 11.8 Å². The molecule has 14 heteroatoms. The summed E-state index contributed by atoms with van der Waals surface area (Å²) < 4.78 is 95.6. The lowest BCUT2D eigenvalue weighted by Crippen LogP contribution is -2.40. The van der Waals surface area contributed by atoms with Gasteiger partial charge in [0.15, 0.2) is 22.8 Å². The predicted molar refractivity (Wildman–Crippen MR) is 99.2 cm³/mol. The Hall–Kier alpha value is -3.42. The molecule has 0 radical (unpaired) electrons. The Kier molecular flexibility index (Phi) is 5.77. The van der Waals surface area contributed by atoms with E-state index >= 15 is 0 Å². The summed E-state index contributed by atoms with van der Waals surface area (Å²) in [5.74, 6) is -3.35. The molecule has 0 aliphatic heterocycles. The minimum Gasteiger partial charge on any atom is -0.421 e. The Bertz CT molecular complexity index is 1220. The first kappa shape index (κ1) is 24.2. The van der Waals surface area contributed by atoms with E-state index in [0.29, 0.717) is 11.8 Å². The zero-order chi connectivity index (χ0) is 24.9. The molecule has 0 fully saturated rings. The summed E-state index contributed by atoms with van der Waals surface area (Å²) in [6, 6.07) is 3.62. The van der Waals surface area contributed by atoms with E-state index in [9.17, 15) is 40.6 Å². The Morgan fingerprint density at radius 2 is 1.85 bits per heavy atom. The number of esters is 1. The monoisotopic (exact) mass is 480 g/mol. The molecule has 0 aliphatic rings. The summed E-state index contributed by atoms with van der Waals surface area (Å²) in [5.41, 5.74) is 1.72. The van der Waals surface area contributed by atoms with Gasteiger partial charge in [-0.15, -0.1) is 0 Å². The molecule has 0 amide bonds. The van der Waals surface area contributed by atoms with E-state index in [1.54, 1.807) is 6.92 Å². The lowest BCUT2D eigenvalue weighted by atomic mass is 9.91. The van der Waals surface area contributed by atoms with Crippen molar-refractivity contribution in [2.75, 3.05) is 5.73 Å². The van der Waals surface area contributed by atoms with Gasteiger partial charge in [0.2, 0.25) is 0 Å². The van der Waals surface area contributed by atoms with Crippen LogP contribution < -0.4 is 5.73 Å². The molecule has 0 bridgehead atoms. The fourth-order valence-corrected chi connectivity index (χ4v) is 2.97. The molecule has 0 spiro atoms. The van der Waals surface area contributed by atoms with E-state index in [1.807, 2.05) is 0 Å². The standard InChI is InChI=1S/C19H15F7N4O3/c1-8-3-4-9(17(2,32)15(20)33-16(31)19(24,25)26)5-10(8)11-6-28-14-13(27)29-12(7-30(11)14)18(21,22)23/h3-7,15,32H,1-2H3,(H2,27,29). The normalized spacial score (nSPS) is 15.3. The van der Waals surface area contributed by atoms with Crippen LogP contribution >= 0.6 is 0 Å². The maximum atomic E-state index is 14.4. The molecular weight excluding hydrogens is 465 g/mol. The molecule has 2 unspecified atom stereocenters. The number of carbonyl (C=O) groups excluding carboxylic acids is 1. The second-order valence-corrected chi connectivity index (χ2v) is 7.24. The van der Waals surface area contributed by atoms with Gasteiger partial charge in [-0.25, -0.2) is 14.8 Å². The third-order valence-corrected chi connectivity index (χ3v) is 4.79. The number of imidazole rings is 1. The predicted octanol–water partition coefficient (Wildman–Crippen LogP) is 3.91. The number of hydrogen-bond donors (Lipinski definition) is 2. The van der Waals surface area contributed by atoms with Crippen LogP contribution in [0.4, 0.5) is 36.6 Å². The van der Waals surface area contributed by atoms with Crippen LogP contribution in [0.3, 0.4) is 0 Å². The summed E-state index contributed by atoms with van der Waals surface area (Å²) >= 11 is 0. The Labute approximate surface area is 180 Å². The van der Waals surface area contributed by atoms with E-state index in [2.05, 4.69) is 14.7 Å². The summed E-state index contributed by atoms with van der Waals surface area (Å²) in [5, 5.41) is 10.5. The van der Waals surface area contributed by atoms with Crippen molar-refractivity contribution >= 4 is 17.4 Å². The van der Waals surface area contributed by atoms with Crippen LogP contribution in [0.5, 0.6) is 0 Å². The molecule has 2 aromatic heterocycles.